The monoisotopic (exact) mass is 622 g/mol. The Labute approximate surface area is 239 Å². The Morgan fingerprint density at radius 3 is 2.52 bits per heavy atom. The lowest BCUT2D eigenvalue weighted by Crippen LogP contribution is -2.37. The molecule has 40 heavy (non-hydrogen) atoms. The highest BCUT2D eigenvalue weighted by Gasteiger charge is 2.44. The first-order valence-corrected chi connectivity index (χ1v) is 13.6. The van der Waals surface area contributed by atoms with Crippen LogP contribution in [-0.2, 0) is 14.3 Å². The summed E-state index contributed by atoms with van der Waals surface area (Å²) in [4.78, 5) is 53.3. The van der Waals surface area contributed by atoms with Gasteiger partial charge in [0.15, 0.2) is 11.5 Å². The van der Waals surface area contributed by atoms with Gasteiger partial charge in [0.2, 0.25) is 0 Å². The van der Waals surface area contributed by atoms with Crippen molar-refractivity contribution in [1.29, 1.82) is 0 Å². The van der Waals surface area contributed by atoms with E-state index in [9.17, 15) is 19.2 Å². The zero-order chi connectivity index (χ0) is 29.4. The average Bonchev–Trinajstić information content (AvgIpc) is 3.66. The van der Waals surface area contributed by atoms with Gasteiger partial charge in [0, 0.05) is 41.0 Å². The average molecular weight is 623 g/mol. The van der Waals surface area contributed by atoms with Crippen molar-refractivity contribution < 1.29 is 37.8 Å². The molecule has 0 radical (unpaired) electrons. The highest BCUT2D eigenvalue weighted by Crippen LogP contribution is 2.47. The quantitative estimate of drug-likeness (QED) is 0.132. The number of halogens is 2. The molecule has 3 atom stereocenters. The Kier molecular flexibility index (Phi) is 11.0. The molecule has 2 aromatic rings. The van der Waals surface area contributed by atoms with E-state index in [1.807, 2.05) is 0 Å². The van der Waals surface area contributed by atoms with Gasteiger partial charge >= 0.3 is 18.2 Å². The lowest BCUT2D eigenvalue weighted by molar-refractivity contribution is -0.146. The van der Waals surface area contributed by atoms with Gasteiger partial charge in [0.1, 0.15) is 17.7 Å². The van der Waals surface area contributed by atoms with Crippen molar-refractivity contribution in [3.8, 4) is 5.75 Å². The summed E-state index contributed by atoms with van der Waals surface area (Å²) in [5.74, 6) is -2.15. The van der Waals surface area contributed by atoms with E-state index in [2.05, 4.69) is 31.5 Å². The molecule has 3 rings (SSSR count). The van der Waals surface area contributed by atoms with Gasteiger partial charge in [-0.3, -0.25) is 14.9 Å². The largest absolute Gasteiger partial charge is 0.513 e. The van der Waals surface area contributed by atoms with Crippen molar-refractivity contribution in [2.45, 2.75) is 58.0 Å². The van der Waals surface area contributed by atoms with Crippen LogP contribution < -0.4 is 21.1 Å². The van der Waals surface area contributed by atoms with Gasteiger partial charge in [-0.2, -0.15) is 0 Å². The number of rotatable bonds is 12. The standard InChI is InChI=1S/C27H32BrFN4O7/c1-4-20(34)16-7-8-18(29)22(17-12-19(17)32-26(36)33-21-9-6-15(28)13-31-21)24(16)40-27(37)39-11-5-10-38-25(35)23(30)14(2)3/h6-9,13-14,17,19,23H,4-5,10-12,30H2,1-3H3,(H2,31,32,33,36)/t17?,19?,23-/m0/s1. The third kappa shape index (κ3) is 8.46. The molecule has 1 heterocycles. The molecule has 1 aliphatic rings. The fourth-order valence-corrected chi connectivity index (χ4v) is 3.99. The minimum Gasteiger partial charge on any atom is -0.464 e. The lowest BCUT2D eigenvalue weighted by atomic mass is 10.00. The zero-order valence-electron chi connectivity index (χ0n) is 22.4. The Morgan fingerprint density at radius 2 is 1.88 bits per heavy atom. The number of nitrogens with one attached hydrogen (secondary N) is 2. The van der Waals surface area contributed by atoms with Crippen LogP contribution in [-0.4, -0.2) is 54.2 Å². The van der Waals surface area contributed by atoms with Crippen molar-refractivity contribution in [2.24, 2.45) is 11.7 Å². The number of pyridine rings is 1. The van der Waals surface area contributed by atoms with E-state index in [4.69, 9.17) is 19.9 Å². The maximum absolute atomic E-state index is 15.0. The van der Waals surface area contributed by atoms with Gasteiger partial charge in [-0.05, 0) is 52.5 Å². The summed E-state index contributed by atoms with van der Waals surface area (Å²) in [5.41, 5.74) is 5.75. The molecule has 1 aromatic carbocycles. The Bertz CT molecular complexity index is 1240. The number of nitrogens with two attached hydrogens (primary N) is 1. The molecule has 0 bridgehead atoms. The second-order valence-corrected chi connectivity index (χ2v) is 10.4. The fourth-order valence-electron chi connectivity index (χ4n) is 3.75. The number of Topliss-reactive ketones (excluding diaryl/α,β-unsaturated/α-hetero) is 1. The third-order valence-electron chi connectivity index (χ3n) is 6.14. The molecule has 13 heteroatoms. The zero-order valence-corrected chi connectivity index (χ0v) is 24.0. The SMILES string of the molecule is CCC(=O)c1ccc(F)c(C2CC2NC(=O)Nc2ccc(Br)cn2)c1OC(=O)OCCCOC(=O)[C@@H](N)C(C)C. The smallest absolute Gasteiger partial charge is 0.464 e. The van der Waals surface area contributed by atoms with Crippen LogP contribution in [0.15, 0.2) is 34.9 Å². The number of amides is 2. The van der Waals surface area contributed by atoms with E-state index in [0.29, 0.717) is 12.2 Å². The second-order valence-electron chi connectivity index (χ2n) is 9.51. The summed E-state index contributed by atoms with van der Waals surface area (Å²) in [7, 11) is 0. The molecule has 11 nitrogen and oxygen atoms in total. The Morgan fingerprint density at radius 1 is 1.15 bits per heavy atom. The van der Waals surface area contributed by atoms with Gasteiger partial charge < -0.3 is 25.3 Å². The van der Waals surface area contributed by atoms with E-state index in [0.717, 1.165) is 10.5 Å². The topological polar surface area (TPSA) is 159 Å². The third-order valence-corrected chi connectivity index (χ3v) is 6.61. The van der Waals surface area contributed by atoms with Crippen LogP contribution in [0.25, 0.3) is 0 Å². The number of aromatic nitrogens is 1. The minimum absolute atomic E-state index is 0.0000743. The predicted molar refractivity (Wildman–Crippen MR) is 147 cm³/mol. The number of nitrogens with zero attached hydrogens (tertiary/aromatic N) is 1. The Balaban J connectivity index is 1.63. The number of hydrogen-bond acceptors (Lipinski definition) is 9. The van der Waals surface area contributed by atoms with Crippen molar-refractivity contribution in [3.63, 3.8) is 0 Å². The molecular weight excluding hydrogens is 591 g/mol. The van der Waals surface area contributed by atoms with Gasteiger partial charge in [-0.1, -0.05) is 20.8 Å². The van der Waals surface area contributed by atoms with Crippen molar-refractivity contribution in [1.82, 2.24) is 10.3 Å². The highest BCUT2D eigenvalue weighted by molar-refractivity contribution is 9.10. The minimum atomic E-state index is -1.15. The molecular formula is C27H32BrFN4O7. The predicted octanol–water partition coefficient (Wildman–Crippen LogP) is 4.69. The summed E-state index contributed by atoms with van der Waals surface area (Å²) in [6.07, 6.45) is 1.01. The van der Waals surface area contributed by atoms with Crippen LogP contribution in [0, 0.1) is 11.7 Å². The number of anilines is 1. The maximum atomic E-state index is 15.0. The van der Waals surface area contributed by atoms with E-state index in [1.165, 1.54) is 12.3 Å². The van der Waals surface area contributed by atoms with E-state index >= 15 is 4.39 Å². The number of esters is 1. The fraction of sp³-hybridized carbons (Fsp3) is 0.444. The van der Waals surface area contributed by atoms with Gasteiger partial charge in [0.25, 0.3) is 0 Å². The second kappa shape index (κ2) is 14.2. The van der Waals surface area contributed by atoms with Gasteiger partial charge in [0.05, 0.1) is 18.8 Å². The number of benzene rings is 1. The molecule has 1 fully saturated rings. The van der Waals surface area contributed by atoms with Gasteiger partial charge in [-0.15, -0.1) is 0 Å². The van der Waals surface area contributed by atoms with Crippen LogP contribution in [0.1, 0.15) is 61.9 Å². The van der Waals surface area contributed by atoms with E-state index in [-0.39, 0.29) is 54.6 Å². The molecule has 1 aliphatic carbocycles. The van der Waals surface area contributed by atoms with Crippen LogP contribution >= 0.6 is 15.9 Å². The lowest BCUT2D eigenvalue weighted by Gasteiger charge is -2.16. The molecule has 4 N–H and O–H groups in total. The van der Waals surface area contributed by atoms with E-state index < -0.39 is 42.0 Å². The molecule has 1 aromatic heterocycles. The molecule has 0 saturated heterocycles. The molecule has 0 spiro atoms. The maximum Gasteiger partial charge on any atom is 0.513 e. The Hall–Kier alpha value is -3.58. The molecule has 216 valence electrons. The summed E-state index contributed by atoms with van der Waals surface area (Å²) in [6, 6.07) is 3.94. The number of urea groups is 1. The van der Waals surface area contributed by atoms with Gasteiger partial charge in [-0.25, -0.2) is 19.0 Å². The number of hydrogen-bond donors (Lipinski definition) is 3. The molecule has 1 saturated carbocycles. The first kappa shape index (κ1) is 31.0. The summed E-state index contributed by atoms with van der Waals surface area (Å²) < 4.78 is 31.2. The molecule has 0 aliphatic heterocycles. The first-order chi connectivity index (χ1) is 19.0. The molecule has 2 unspecified atom stereocenters. The summed E-state index contributed by atoms with van der Waals surface area (Å²) in [5, 5.41) is 5.32. The van der Waals surface area contributed by atoms with Crippen molar-refractivity contribution >= 4 is 45.7 Å². The number of carbonyl (C=O) groups excluding carboxylic acids is 4. The van der Waals surface area contributed by atoms with Crippen molar-refractivity contribution in [3.05, 3.63) is 51.9 Å². The van der Waals surface area contributed by atoms with Crippen LogP contribution in [0.5, 0.6) is 5.75 Å². The summed E-state index contributed by atoms with van der Waals surface area (Å²) in [6.45, 7) is 5.04. The van der Waals surface area contributed by atoms with Crippen molar-refractivity contribution in [2.75, 3.05) is 18.5 Å². The normalized spacial score (nSPS) is 16.6. The van der Waals surface area contributed by atoms with Crippen LogP contribution in [0.4, 0.5) is 19.8 Å². The number of carbonyl (C=O) groups is 4. The highest BCUT2D eigenvalue weighted by atomic mass is 79.9. The first-order valence-electron chi connectivity index (χ1n) is 12.8. The number of ketones is 1. The number of ether oxygens (including phenoxy) is 3. The van der Waals surface area contributed by atoms with Crippen LogP contribution in [0.2, 0.25) is 0 Å². The van der Waals surface area contributed by atoms with Crippen LogP contribution in [0.3, 0.4) is 0 Å². The summed E-state index contributed by atoms with van der Waals surface area (Å²) >= 11 is 3.26. The molecule has 2 amide bonds. The van der Waals surface area contributed by atoms with E-state index in [1.54, 1.807) is 32.9 Å².